The topological polar surface area (TPSA) is 58.9 Å². The Hall–Kier alpha value is -1.61. The minimum Gasteiger partial charge on any atom is -0.352 e. The second-order valence-corrected chi connectivity index (χ2v) is 3.87. The number of benzene rings is 1. The van der Waals surface area contributed by atoms with Crippen molar-refractivity contribution in [3.8, 4) is 0 Å². The van der Waals surface area contributed by atoms with Crippen LogP contribution in [0, 0.1) is 6.92 Å². The Labute approximate surface area is 88.3 Å². The van der Waals surface area contributed by atoms with E-state index in [1.54, 1.807) is 6.92 Å². The molecule has 0 radical (unpaired) electrons. The van der Waals surface area contributed by atoms with Gasteiger partial charge in [0.05, 0.1) is 11.7 Å². The summed E-state index contributed by atoms with van der Waals surface area (Å²) in [4.78, 5) is 14.8. The number of carbonyl (C=O) groups excluding carboxylic acids is 1. The number of aryl methyl sites for hydroxylation is 1. The summed E-state index contributed by atoms with van der Waals surface area (Å²) >= 11 is 0. The number of hydrogen-bond donors (Lipinski definition) is 2. The number of nitrogens with one attached hydrogen (secondary N) is 1. The predicted molar refractivity (Wildman–Crippen MR) is 61.0 cm³/mol. The maximum absolute atomic E-state index is 11.7. The van der Waals surface area contributed by atoms with E-state index < -0.39 is 6.04 Å². The van der Waals surface area contributed by atoms with Crippen LogP contribution in [0.4, 0.5) is 0 Å². The number of carbonyl (C=O) groups is 1. The van der Waals surface area contributed by atoms with Gasteiger partial charge >= 0.3 is 0 Å². The van der Waals surface area contributed by atoms with E-state index in [4.69, 9.17) is 5.73 Å². The molecule has 1 heterocycles. The number of fused-ring (bicyclic) bond motifs is 1. The molecule has 2 rings (SSSR count). The van der Waals surface area contributed by atoms with Crippen molar-refractivity contribution >= 4 is 16.7 Å². The van der Waals surface area contributed by atoms with E-state index in [0.717, 1.165) is 16.5 Å². The maximum atomic E-state index is 11.7. The molecule has 0 bridgehead atoms. The van der Waals surface area contributed by atoms with E-state index in [2.05, 4.69) is 4.98 Å². The Morgan fingerprint density at radius 2 is 2.20 bits per heavy atom. The van der Waals surface area contributed by atoms with Crippen LogP contribution in [0.15, 0.2) is 24.3 Å². The summed E-state index contributed by atoms with van der Waals surface area (Å²) in [5, 5.41) is 1.08. The van der Waals surface area contributed by atoms with Crippen LogP contribution in [0.25, 0.3) is 10.9 Å². The van der Waals surface area contributed by atoms with Crippen LogP contribution in [0.2, 0.25) is 0 Å². The maximum Gasteiger partial charge on any atom is 0.195 e. The molecule has 0 amide bonds. The molecule has 15 heavy (non-hydrogen) atoms. The molecule has 0 saturated heterocycles. The van der Waals surface area contributed by atoms with Crippen molar-refractivity contribution in [2.45, 2.75) is 19.9 Å². The lowest BCUT2D eigenvalue weighted by Crippen LogP contribution is -2.26. The third kappa shape index (κ3) is 1.66. The van der Waals surface area contributed by atoms with Crippen molar-refractivity contribution in [1.29, 1.82) is 0 Å². The molecule has 3 nitrogen and oxygen atoms in total. The van der Waals surface area contributed by atoms with Crippen molar-refractivity contribution in [3.05, 3.63) is 35.5 Å². The highest BCUT2D eigenvalue weighted by molar-refractivity contribution is 6.02. The molecule has 1 aromatic carbocycles. The van der Waals surface area contributed by atoms with E-state index in [1.165, 1.54) is 0 Å². The third-order valence-electron chi connectivity index (χ3n) is 2.56. The first-order valence-corrected chi connectivity index (χ1v) is 4.97. The number of aromatic nitrogens is 1. The van der Waals surface area contributed by atoms with Crippen molar-refractivity contribution in [1.82, 2.24) is 4.98 Å². The Bertz CT molecular complexity index is 511. The van der Waals surface area contributed by atoms with Gasteiger partial charge in [-0.05, 0) is 31.5 Å². The molecular formula is C12H14N2O. The van der Waals surface area contributed by atoms with E-state index in [0.29, 0.717) is 5.69 Å². The van der Waals surface area contributed by atoms with Crippen LogP contribution in [0.3, 0.4) is 0 Å². The minimum atomic E-state index is -0.460. The Balaban J connectivity index is 2.57. The van der Waals surface area contributed by atoms with Gasteiger partial charge in [-0.1, -0.05) is 12.1 Å². The minimum absolute atomic E-state index is 0.0504. The zero-order valence-electron chi connectivity index (χ0n) is 8.87. The first-order chi connectivity index (χ1) is 7.09. The molecule has 2 aromatic rings. The molecular weight excluding hydrogens is 188 g/mol. The zero-order chi connectivity index (χ0) is 11.0. The number of H-pyrrole nitrogens is 1. The van der Waals surface area contributed by atoms with Gasteiger partial charge in [-0.15, -0.1) is 0 Å². The van der Waals surface area contributed by atoms with Gasteiger partial charge in [0.15, 0.2) is 5.78 Å². The van der Waals surface area contributed by atoms with E-state index >= 15 is 0 Å². The molecule has 1 unspecified atom stereocenters. The van der Waals surface area contributed by atoms with Crippen molar-refractivity contribution < 1.29 is 4.79 Å². The lowest BCUT2D eigenvalue weighted by molar-refractivity contribution is 0.0964. The Morgan fingerprint density at radius 1 is 1.47 bits per heavy atom. The van der Waals surface area contributed by atoms with E-state index in [-0.39, 0.29) is 5.78 Å². The largest absolute Gasteiger partial charge is 0.352 e. The second-order valence-electron chi connectivity index (χ2n) is 3.87. The van der Waals surface area contributed by atoms with Crippen LogP contribution in [0.1, 0.15) is 23.0 Å². The normalized spacial score (nSPS) is 13.0. The van der Waals surface area contributed by atoms with Crippen molar-refractivity contribution in [2.75, 3.05) is 0 Å². The van der Waals surface area contributed by atoms with E-state index in [1.807, 2.05) is 31.2 Å². The van der Waals surface area contributed by atoms with Gasteiger partial charge < -0.3 is 10.7 Å². The van der Waals surface area contributed by atoms with Gasteiger partial charge in [0.1, 0.15) is 0 Å². The lowest BCUT2D eigenvalue weighted by atomic mass is 10.1. The van der Waals surface area contributed by atoms with Crippen LogP contribution < -0.4 is 5.73 Å². The number of aromatic amines is 1. The van der Waals surface area contributed by atoms with Crippen molar-refractivity contribution in [3.63, 3.8) is 0 Å². The van der Waals surface area contributed by atoms with Gasteiger partial charge in [0.2, 0.25) is 0 Å². The number of hydrogen-bond acceptors (Lipinski definition) is 2. The van der Waals surface area contributed by atoms with Crippen molar-refractivity contribution in [2.24, 2.45) is 5.73 Å². The summed E-state index contributed by atoms with van der Waals surface area (Å²) in [6, 6.07) is 7.36. The fourth-order valence-electron chi connectivity index (χ4n) is 1.68. The standard InChI is InChI=1S/C12H14N2O/c1-7-4-3-5-10-9(7)6-11(14-10)12(15)8(2)13/h3-6,8,14H,13H2,1-2H3. The summed E-state index contributed by atoms with van der Waals surface area (Å²) < 4.78 is 0. The SMILES string of the molecule is Cc1cccc2[nH]c(C(=O)C(C)N)cc12. The number of Topliss-reactive ketones (excluding diaryl/α,β-unsaturated/α-hetero) is 1. The molecule has 0 aliphatic rings. The molecule has 3 N–H and O–H groups in total. The summed E-state index contributed by atoms with van der Waals surface area (Å²) in [5.74, 6) is -0.0504. The first-order valence-electron chi connectivity index (χ1n) is 4.97. The smallest absolute Gasteiger partial charge is 0.195 e. The average Bonchev–Trinajstić information content (AvgIpc) is 2.61. The third-order valence-corrected chi connectivity index (χ3v) is 2.56. The molecule has 0 spiro atoms. The van der Waals surface area contributed by atoms with Gasteiger partial charge in [0, 0.05) is 10.9 Å². The highest BCUT2D eigenvalue weighted by atomic mass is 16.1. The fraction of sp³-hybridized carbons (Fsp3) is 0.250. The van der Waals surface area contributed by atoms with Gasteiger partial charge in [-0.25, -0.2) is 0 Å². The summed E-state index contributed by atoms with van der Waals surface area (Å²) in [6.45, 7) is 3.72. The van der Waals surface area contributed by atoms with Crippen LogP contribution in [-0.2, 0) is 0 Å². The number of rotatable bonds is 2. The van der Waals surface area contributed by atoms with Crippen LogP contribution >= 0.6 is 0 Å². The summed E-state index contributed by atoms with van der Waals surface area (Å²) in [6.07, 6.45) is 0. The van der Waals surface area contributed by atoms with Gasteiger partial charge in [-0.3, -0.25) is 4.79 Å². The molecule has 3 heteroatoms. The molecule has 0 aliphatic heterocycles. The Kier molecular flexibility index (Phi) is 2.32. The zero-order valence-corrected chi connectivity index (χ0v) is 8.87. The quantitative estimate of drug-likeness (QED) is 0.732. The summed E-state index contributed by atoms with van der Waals surface area (Å²) in [7, 11) is 0. The summed E-state index contributed by atoms with van der Waals surface area (Å²) in [5.41, 5.74) is 8.30. The van der Waals surface area contributed by atoms with Gasteiger partial charge in [-0.2, -0.15) is 0 Å². The molecule has 78 valence electrons. The predicted octanol–water partition coefficient (Wildman–Crippen LogP) is 2.01. The molecule has 0 aliphatic carbocycles. The monoisotopic (exact) mass is 202 g/mol. The van der Waals surface area contributed by atoms with E-state index in [9.17, 15) is 4.79 Å². The molecule has 1 atom stereocenters. The average molecular weight is 202 g/mol. The first kappa shape index (κ1) is 9.93. The molecule has 0 saturated carbocycles. The van der Waals surface area contributed by atoms with Crippen LogP contribution in [0.5, 0.6) is 0 Å². The highest BCUT2D eigenvalue weighted by Gasteiger charge is 2.13. The molecule has 1 aromatic heterocycles. The molecule has 0 fully saturated rings. The van der Waals surface area contributed by atoms with Gasteiger partial charge in [0.25, 0.3) is 0 Å². The second kappa shape index (κ2) is 3.51. The number of nitrogens with two attached hydrogens (primary N) is 1. The lowest BCUT2D eigenvalue weighted by Gasteiger charge is -1.99. The fourth-order valence-corrected chi connectivity index (χ4v) is 1.68. The Morgan fingerprint density at radius 3 is 2.80 bits per heavy atom. The number of ketones is 1. The highest BCUT2D eigenvalue weighted by Crippen LogP contribution is 2.19. The van der Waals surface area contributed by atoms with Crippen LogP contribution in [-0.4, -0.2) is 16.8 Å².